The first-order valence-electron chi connectivity index (χ1n) is 8.59. The smallest absolute Gasteiger partial charge is 0.270 e. The average Bonchev–Trinajstić information content (AvgIpc) is 3.08. The van der Waals surface area contributed by atoms with Crippen LogP contribution in [0.15, 0.2) is 35.4 Å². The molecule has 3 rings (SSSR count). The van der Waals surface area contributed by atoms with Crippen molar-refractivity contribution in [2.45, 2.75) is 25.3 Å². The fourth-order valence-electron chi connectivity index (χ4n) is 3.48. The highest BCUT2D eigenvalue weighted by Gasteiger charge is 2.37. The number of piperidine rings is 1. The van der Waals surface area contributed by atoms with Gasteiger partial charge in [0.2, 0.25) is 5.91 Å². The molecule has 2 amide bonds. The van der Waals surface area contributed by atoms with Gasteiger partial charge in [0.15, 0.2) is 0 Å². The van der Waals surface area contributed by atoms with E-state index in [9.17, 15) is 9.59 Å². The van der Waals surface area contributed by atoms with Crippen LogP contribution in [0.25, 0.3) is 0 Å². The molecular formula is C18H24N4O3. The Morgan fingerprint density at radius 1 is 1.32 bits per heavy atom. The van der Waals surface area contributed by atoms with Gasteiger partial charge in [0.05, 0.1) is 12.3 Å². The predicted molar refractivity (Wildman–Crippen MR) is 95.1 cm³/mol. The van der Waals surface area contributed by atoms with E-state index in [4.69, 9.17) is 10.5 Å². The molecular weight excluding hydrogens is 320 g/mol. The second kappa shape index (κ2) is 7.65. The number of hydrogen-bond donors (Lipinski definition) is 1. The predicted octanol–water partition coefficient (Wildman–Crippen LogP) is 0.992. The first kappa shape index (κ1) is 17.4. The maximum atomic E-state index is 12.9. The molecule has 25 heavy (non-hydrogen) atoms. The van der Waals surface area contributed by atoms with Crippen LogP contribution in [0, 0.1) is 5.92 Å². The zero-order valence-corrected chi connectivity index (χ0v) is 14.4. The van der Waals surface area contributed by atoms with Crippen LogP contribution in [0.5, 0.6) is 0 Å². The molecule has 1 fully saturated rings. The summed E-state index contributed by atoms with van der Waals surface area (Å²) in [5, 5.41) is 6.00. The van der Waals surface area contributed by atoms with Crippen molar-refractivity contribution in [3.05, 3.63) is 30.3 Å². The summed E-state index contributed by atoms with van der Waals surface area (Å²) in [5.41, 5.74) is 6.68. The molecule has 2 heterocycles. The van der Waals surface area contributed by atoms with Crippen LogP contribution in [0.4, 0.5) is 5.69 Å². The van der Waals surface area contributed by atoms with E-state index in [1.54, 1.807) is 12.1 Å². The third kappa shape index (κ3) is 3.82. The van der Waals surface area contributed by atoms with Gasteiger partial charge in [-0.1, -0.05) is 18.2 Å². The summed E-state index contributed by atoms with van der Waals surface area (Å²) in [6.07, 6.45) is 2.26. The molecule has 2 aliphatic heterocycles. The molecule has 7 nitrogen and oxygen atoms in total. The third-order valence-electron chi connectivity index (χ3n) is 4.71. The third-order valence-corrected chi connectivity index (χ3v) is 4.71. The van der Waals surface area contributed by atoms with Gasteiger partial charge in [0.1, 0.15) is 11.8 Å². The van der Waals surface area contributed by atoms with Crippen molar-refractivity contribution < 1.29 is 14.3 Å². The Labute approximate surface area is 147 Å². The largest absolute Gasteiger partial charge is 0.384 e. The van der Waals surface area contributed by atoms with Gasteiger partial charge in [-0.2, -0.15) is 5.10 Å². The zero-order chi connectivity index (χ0) is 17.8. The number of nitrogens with zero attached hydrogens (tertiary/aromatic N) is 3. The molecule has 134 valence electrons. The molecule has 0 bridgehead atoms. The normalized spacial score (nSPS) is 23.5. The average molecular weight is 344 g/mol. The molecule has 0 aromatic heterocycles. The molecule has 1 saturated heterocycles. The summed E-state index contributed by atoms with van der Waals surface area (Å²) >= 11 is 0. The zero-order valence-electron chi connectivity index (χ0n) is 14.4. The maximum absolute atomic E-state index is 12.9. The summed E-state index contributed by atoms with van der Waals surface area (Å²) in [7, 11) is 1.68. The second-order valence-corrected chi connectivity index (χ2v) is 6.56. The van der Waals surface area contributed by atoms with E-state index in [0.717, 1.165) is 18.5 Å². The number of benzene rings is 1. The van der Waals surface area contributed by atoms with Crippen molar-refractivity contribution in [2.75, 3.05) is 31.8 Å². The number of hydrazone groups is 1. The number of hydrogen-bond acceptors (Lipinski definition) is 5. The minimum atomic E-state index is -0.624. The van der Waals surface area contributed by atoms with Gasteiger partial charge in [-0.05, 0) is 30.9 Å². The number of carbonyl (C=O) groups excluding carboxylic acids is 2. The first-order chi connectivity index (χ1) is 12.1. The van der Waals surface area contributed by atoms with Gasteiger partial charge in [-0.25, -0.2) is 0 Å². The maximum Gasteiger partial charge on any atom is 0.270 e. The van der Waals surface area contributed by atoms with Gasteiger partial charge in [-0.15, -0.1) is 0 Å². The van der Waals surface area contributed by atoms with Gasteiger partial charge in [0.25, 0.3) is 5.91 Å². The fourth-order valence-corrected chi connectivity index (χ4v) is 3.48. The minimum Gasteiger partial charge on any atom is -0.384 e. The van der Waals surface area contributed by atoms with E-state index in [2.05, 4.69) is 5.10 Å². The second-order valence-electron chi connectivity index (χ2n) is 6.56. The highest BCUT2D eigenvalue weighted by atomic mass is 16.5. The molecule has 1 aromatic carbocycles. The quantitative estimate of drug-likeness (QED) is 0.863. The number of methoxy groups -OCH3 is 1. The summed E-state index contributed by atoms with van der Waals surface area (Å²) in [6, 6.07) is 8.69. The summed E-state index contributed by atoms with van der Waals surface area (Å²) < 4.78 is 5.22. The molecule has 0 saturated carbocycles. The standard InChI is InChI=1S/C18H24N4O3/c1-25-12-13-6-5-9-21(11-13)18(24)15-10-16(17(19)23)22(20-15)14-7-3-2-4-8-14/h2-4,7-8,13,16H,5-6,9-12H2,1H3,(H2,19,23)/t13-,16+/m0/s1. The molecule has 0 unspecified atom stereocenters. The van der Waals surface area contributed by atoms with Gasteiger partial charge in [-0.3, -0.25) is 14.6 Å². The Balaban J connectivity index is 1.77. The number of amides is 2. The number of primary amides is 1. The molecule has 1 aromatic rings. The van der Waals surface area contributed by atoms with Crippen LogP contribution in [0.3, 0.4) is 0 Å². The Hall–Kier alpha value is -2.41. The van der Waals surface area contributed by atoms with Gasteiger partial charge in [0, 0.05) is 26.6 Å². The van der Waals surface area contributed by atoms with Crippen LogP contribution in [-0.4, -0.2) is 55.3 Å². The Morgan fingerprint density at radius 3 is 2.76 bits per heavy atom. The summed E-state index contributed by atoms with van der Waals surface area (Å²) in [5.74, 6) is -0.237. The van der Waals surface area contributed by atoms with Crippen molar-refractivity contribution in [3.8, 4) is 0 Å². The van der Waals surface area contributed by atoms with Gasteiger partial charge < -0.3 is 15.4 Å². The van der Waals surface area contributed by atoms with Crippen LogP contribution in [0.2, 0.25) is 0 Å². The lowest BCUT2D eigenvalue weighted by Crippen LogP contribution is -2.44. The van der Waals surface area contributed by atoms with Crippen molar-refractivity contribution in [1.29, 1.82) is 0 Å². The molecule has 7 heteroatoms. The van der Waals surface area contributed by atoms with Crippen molar-refractivity contribution in [1.82, 2.24) is 4.90 Å². The molecule has 0 spiro atoms. The van der Waals surface area contributed by atoms with Crippen molar-refractivity contribution >= 4 is 23.2 Å². The Morgan fingerprint density at radius 2 is 2.08 bits per heavy atom. The highest BCUT2D eigenvalue weighted by Crippen LogP contribution is 2.26. The number of para-hydroxylation sites is 1. The number of ether oxygens (including phenoxy) is 1. The summed E-state index contributed by atoms with van der Waals surface area (Å²) in [6.45, 7) is 2.03. The van der Waals surface area contributed by atoms with Crippen molar-refractivity contribution in [2.24, 2.45) is 16.8 Å². The number of anilines is 1. The van der Waals surface area contributed by atoms with Crippen LogP contribution in [-0.2, 0) is 14.3 Å². The number of carbonyl (C=O) groups is 2. The molecule has 2 atom stereocenters. The Bertz CT molecular complexity index is 660. The first-order valence-corrected chi connectivity index (χ1v) is 8.59. The topological polar surface area (TPSA) is 88.2 Å². The number of likely N-dealkylation sites (tertiary alicyclic amines) is 1. The number of rotatable bonds is 5. The highest BCUT2D eigenvalue weighted by molar-refractivity contribution is 6.40. The lowest BCUT2D eigenvalue weighted by molar-refractivity contribution is -0.126. The monoisotopic (exact) mass is 344 g/mol. The van der Waals surface area contributed by atoms with Crippen LogP contribution in [0.1, 0.15) is 19.3 Å². The van der Waals surface area contributed by atoms with E-state index in [1.165, 1.54) is 0 Å². The molecule has 2 aliphatic rings. The van der Waals surface area contributed by atoms with E-state index >= 15 is 0 Å². The van der Waals surface area contributed by atoms with Crippen molar-refractivity contribution in [3.63, 3.8) is 0 Å². The summed E-state index contributed by atoms with van der Waals surface area (Å²) in [4.78, 5) is 26.5. The van der Waals surface area contributed by atoms with E-state index in [1.807, 2.05) is 35.2 Å². The molecule has 0 aliphatic carbocycles. The lowest BCUT2D eigenvalue weighted by atomic mass is 9.98. The van der Waals surface area contributed by atoms with E-state index < -0.39 is 11.9 Å². The minimum absolute atomic E-state index is 0.106. The lowest BCUT2D eigenvalue weighted by Gasteiger charge is -2.32. The van der Waals surface area contributed by atoms with E-state index in [0.29, 0.717) is 31.3 Å². The number of nitrogens with two attached hydrogens (primary N) is 1. The Kier molecular flexibility index (Phi) is 5.33. The molecule has 0 radical (unpaired) electrons. The fraction of sp³-hybridized carbons (Fsp3) is 0.500. The van der Waals surface area contributed by atoms with Crippen LogP contribution >= 0.6 is 0 Å². The SMILES string of the molecule is COC[C@H]1CCCN(C(=O)C2=NN(c3ccccc3)[C@@H](C(N)=O)C2)C1. The van der Waals surface area contributed by atoms with E-state index in [-0.39, 0.29) is 12.3 Å². The molecule has 2 N–H and O–H groups in total. The van der Waals surface area contributed by atoms with Gasteiger partial charge >= 0.3 is 0 Å². The van der Waals surface area contributed by atoms with Crippen LogP contribution < -0.4 is 10.7 Å².